The third kappa shape index (κ3) is 3.37. The van der Waals surface area contributed by atoms with Crippen LogP contribution in [-0.2, 0) is 6.54 Å². The van der Waals surface area contributed by atoms with Crippen molar-refractivity contribution >= 4 is 29.2 Å². The topological polar surface area (TPSA) is 105 Å². The molecule has 0 saturated carbocycles. The second-order valence-corrected chi connectivity index (χ2v) is 5.89. The minimum Gasteiger partial charge on any atom is -0.348 e. The first kappa shape index (κ1) is 14.0. The van der Waals surface area contributed by atoms with Gasteiger partial charge < -0.3 is 10.2 Å². The maximum atomic E-state index is 5.44. The number of rotatable bonds is 5. The van der Waals surface area contributed by atoms with Crippen molar-refractivity contribution in [2.24, 2.45) is 5.84 Å². The van der Waals surface area contributed by atoms with E-state index in [1.807, 2.05) is 12.3 Å². The van der Waals surface area contributed by atoms with Gasteiger partial charge in [-0.1, -0.05) is 0 Å². The van der Waals surface area contributed by atoms with Crippen molar-refractivity contribution in [1.29, 1.82) is 0 Å². The Morgan fingerprint density at radius 1 is 1.19 bits per heavy atom. The number of aromatic nitrogens is 4. The minimum absolute atomic E-state index is 0.365. The zero-order chi connectivity index (χ0) is 14.7. The third-order valence-electron chi connectivity index (χ3n) is 3.24. The number of nitrogens with one attached hydrogen (secondary N) is 2. The standard InChI is InChI=1S/C12H18N8S/c1-8-15-9(7-21-8)6-14-10-16-11(19-13)18-12(17-10)20-4-2-3-5-20/h7H,2-6,13H2,1H3,(H2,14,16,17,18,19). The van der Waals surface area contributed by atoms with E-state index in [1.54, 1.807) is 11.3 Å². The molecule has 0 aromatic carbocycles. The molecular formula is C12H18N8S. The minimum atomic E-state index is 0.365. The number of hydrazine groups is 1. The fourth-order valence-corrected chi connectivity index (χ4v) is 2.84. The predicted octanol–water partition coefficient (Wildman–Crippen LogP) is 1.13. The highest BCUT2D eigenvalue weighted by molar-refractivity contribution is 7.09. The van der Waals surface area contributed by atoms with Gasteiger partial charge in [-0.25, -0.2) is 10.8 Å². The summed E-state index contributed by atoms with van der Waals surface area (Å²) in [5.41, 5.74) is 3.47. The molecule has 8 nitrogen and oxygen atoms in total. The molecule has 2 aromatic rings. The summed E-state index contributed by atoms with van der Waals surface area (Å²) in [7, 11) is 0. The van der Waals surface area contributed by atoms with Crippen LogP contribution < -0.4 is 21.5 Å². The van der Waals surface area contributed by atoms with Crippen LogP contribution in [-0.4, -0.2) is 33.0 Å². The second kappa shape index (κ2) is 6.19. The lowest BCUT2D eigenvalue weighted by Gasteiger charge is -2.16. The summed E-state index contributed by atoms with van der Waals surface area (Å²) < 4.78 is 0. The summed E-state index contributed by atoms with van der Waals surface area (Å²) >= 11 is 1.63. The Bertz CT molecular complexity index is 607. The van der Waals surface area contributed by atoms with Crippen molar-refractivity contribution in [3.63, 3.8) is 0 Å². The zero-order valence-electron chi connectivity index (χ0n) is 11.8. The molecule has 0 unspecified atom stereocenters. The summed E-state index contributed by atoms with van der Waals surface area (Å²) in [4.78, 5) is 19.5. The van der Waals surface area contributed by atoms with Crippen LogP contribution in [0.1, 0.15) is 23.5 Å². The van der Waals surface area contributed by atoms with Gasteiger partial charge in [0.2, 0.25) is 17.8 Å². The summed E-state index contributed by atoms with van der Waals surface area (Å²) in [6, 6.07) is 0. The van der Waals surface area contributed by atoms with Crippen molar-refractivity contribution in [1.82, 2.24) is 19.9 Å². The Morgan fingerprint density at radius 3 is 2.62 bits per heavy atom. The molecule has 0 radical (unpaired) electrons. The molecule has 112 valence electrons. The number of nitrogens with zero attached hydrogens (tertiary/aromatic N) is 5. The van der Waals surface area contributed by atoms with E-state index in [9.17, 15) is 0 Å². The highest BCUT2D eigenvalue weighted by Crippen LogP contribution is 2.18. The van der Waals surface area contributed by atoms with E-state index < -0.39 is 0 Å². The maximum Gasteiger partial charge on any atom is 0.243 e. The molecule has 2 aromatic heterocycles. The zero-order valence-corrected chi connectivity index (χ0v) is 12.7. The van der Waals surface area contributed by atoms with Gasteiger partial charge in [-0.3, -0.25) is 5.43 Å². The van der Waals surface area contributed by atoms with Crippen LogP contribution in [0.3, 0.4) is 0 Å². The predicted molar refractivity (Wildman–Crippen MR) is 83.3 cm³/mol. The van der Waals surface area contributed by atoms with E-state index in [0.29, 0.717) is 24.4 Å². The summed E-state index contributed by atoms with van der Waals surface area (Å²) in [5, 5.41) is 6.24. The molecule has 0 amide bonds. The van der Waals surface area contributed by atoms with Gasteiger partial charge in [0, 0.05) is 18.5 Å². The van der Waals surface area contributed by atoms with E-state index >= 15 is 0 Å². The largest absolute Gasteiger partial charge is 0.348 e. The average molecular weight is 306 g/mol. The lowest BCUT2D eigenvalue weighted by atomic mass is 10.4. The van der Waals surface area contributed by atoms with Gasteiger partial charge in [0.1, 0.15) is 0 Å². The highest BCUT2D eigenvalue weighted by Gasteiger charge is 2.17. The molecule has 1 fully saturated rings. The van der Waals surface area contributed by atoms with Gasteiger partial charge in [0.15, 0.2) is 0 Å². The van der Waals surface area contributed by atoms with E-state index in [4.69, 9.17) is 5.84 Å². The Kier molecular flexibility index (Phi) is 4.11. The van der Waals surface area contributed by atoms with Crippen LogP contribution in [0.4, 0.5) is 17.8 Å². The molecular weight excluding hydrogens is 288 g/mol. The molecule has 0 spiro atoms. The molecule has 0 bridgehead atoms. The highest BCUT2D eigenvalue weighted by atomic mass is 32.1. The lowest BCUT2D eigenvalue weighted by Crippen LogP contribution is -2.23. The number of anilines is 3. The number of nitrogen functional groups attached to an aromatic ring is 1. The lowest BCUT2D eigenvalue weighted by molar-refractivity contribution is 0.874. The van der Waals surface area contributed by atoms with Gasteiger partial charge in [-0.05, 0) is 19.8 Å². The molecule has 1 aliphatic rings. The number of aryl methyl sites for hydroxylation is 1. The van der Waals surface area contributed by atoms with Gasteiger partial charge in [-0.15, -0.1) is 11.3 Å². The number of hydrogen-bond donors (Lipinski definition) is 3. The monoisotopic (exact) mass is 306 g/mol. The molecule has 9 heteroatoms. The first-order valence-corrected chi connectivity index (χ1v) is 7.75. The van der Waals surface area contributed by atoms with Gasteiger partial charge in [0.25, 0.3) is 0 Å². The SMILES string of the molecule is Cc1nc(CNc2nc(NN)nc(N3CCCC3)n2)cs1. The molecule has 0 atom stereocenters. The molecule has 3 rings (SSSR count). The fraction of sp³-hybridized carbons (Fsp3) is 0.500. The maximum absolute atomic E-state index is 5.44. The van der Waals surface area contributed by atoms with Gasteiger partial charge >= 0.3 is 0 Å². The van der Waals surface area contributed by atoms with Crippen LogP contribution in [0, 0.1) is 6.92 Å². The molecule has 1 saturated heterocycles. The molecule has 1 aliphatic heterocycles. The fourth-order valence-electron chi connectivity index (χ4n) is 2.23. The van der Waals surface area contributed by atoms with E-state index in [2.05, 4.69) is 35.6 Å². The summed E-state index contributed by atoms with van der Waals surface area (Å²) in [6.07, 6.45) is 2.33. The van der Waals surface area contributed by atoms with Crippen molar-refractivity contribution < 1.29 is 0 Å². The van der Waals surface area contributed by atoms with Crippen LogP contribution in [0.5, 0.6) is 0 Å². The van der Waals surface area contributed by atoms with Crippen LogP contribution in [0.25, 0.3) is 0 Å². The van der Waals surface area contributed by atoms with Gasteiger partial charge in [-0.2, -0.15) is 15.0 Å². The summed E-state index contributed by atoms with van der Waals surface area (Å²) in [6.45, 7) is 4.51. The molecule has 0 aliphatic carbocycles. The van der Waals surface area contributed by atoms with E-state index in [0.717, 1.165) is 36.6 Å². The Hall–Kier alpha value is -2.00. The number of hydrogen-bond acceptors (Lipinski definition) is 9. The van der Waals surface area contributed by atoms with E-state index in [1.165, 1.54) is 0 Å². The Balaban J connectivity index is 1.75. The normalized spacial score (nSPS) is 14.5. The quantitative estimate of drug-likeness (QED) is 0.558. The summed E-state index contributed by atoms with van der Waals surface area (Å²) in [5.74, 6) is 6.97. The first-order chi connectivity index (χ1) is 10.2. The molecule has 21 heavy (non-hydrogen) atoms. The number of thiazole rings is 1. The molecule has 3 heterocycles. The van der Waals surface area contributed by atoms with Crippen molar-refractivity contribution in [2.45, 2.75) is 26.3 Å². The number of nitrogens with two attached hydrogens (primary N) is 1. The second-order valence-electron chi connectivity index (χ2n) is 4.83. The van der Waals surface area contributed by atoms with Crippen molar-refractivity contribution in [3.8, 4) is 0 Å². The average Bonchev–Trinajstić information content (AvgIpc) is 3.16. The van der Waals surface area contributed by atoms with E-state index in [-0.39, 0.29) is 0 Å². The molecule has 4 N–H and O–H groups in total. The third-order valence-corrected chi connectivity index (χ3v) is 4.06. The van der Waals surface area contributed by atoms with Crippen LogP contribution in [0.2, 0.25) is 0 Å². The van der Waals surface area contributed by atoms with Crippen LogP contribution >= 0.6 is 11.3 Å². The first-order valence-electron chi connectivity index (χ1n) is 6.87. The van der Waals surface area contributed by atoms with Crippen molar-refractivity contribution in [3.05, 3.63) is 16.1 Å². The van der Waals surface area contributed by atoms with Crippen molar-refractivity contribution in [2.75, 3.05) is 28.7 Å². The van der Waals surface area contributed by atoms with Gasteiger partial charge in [0.05, 0.1) is 17.2 Å². The smallest absolute Gasteiger partial charge is 0.243 e. The Morgan fingerprint density at radius 2 is 1.95 bits per heavy atom. The van der Waals surface area contributed by atoms with Crippen LogP contribution in [0.15, 0.2) is 5.38 Å². The Labute approximate surface area is 126 Å².